The summed E-state index contributed by atoms with van der Waals surface area (Å²) in [6, 6.07) is 17.0. The second-order valence-corrected chi connectivity index (χ2v) is 6.43. The average molecular weight is 377 g/mol. The van der Waals surface area contributed by atoms with E-state index < -0.39 is 12.1 Å². The van der Waals surface area contributed by atoms with Crippen molar-refractivity contribution in [1.29, 1.82) is 0 Å². The van der Waals surface area contributed by atoms with Crippen LogP contribution in [0.5, 0.6) is 5.75 Å². The van der Waals surface area contributed by atoms with Crippen molar-refractivity contribution in [1.82, 2.24) is 9.78 Å². The summed E-state index contributed by atoms with van der Waals surface area (Å²) in [5.74, 6) is -0.301. The van der Waals surface area contributed by atoms with E-state index in [4.69, 9.17) is 9.47 Å². The Morgan fingerprint density at radius 3 is 2.68 bits per heavy atom. The quantitative estimate of drug-likeness (QED) is 0.653. The van der Waals surface area contributed by atoms with Crippen molar-refractivity contribution in [2.75, 3.05) is 18.6 Å². The average Bonchev–Trinajstić information content (AvgIpc) is 3.21. The first-order valence-electron chi connectivity index (χ1n) is 8.87. The number of aromatic nitrogens is 2. The summed E-state index contributed by atoms with van der Waals surface area (Å²) in [4.78, 5) is 26.7. The molecule has 1 aliphatic rings. The maximum Gasteiger partial charge on any atom is 0.348 e. The van der Waals surface area contributed by atoms with Crippen LogP contribution in [0.3, 0.4) is 0 Å². The highest BCUT2D eigenvalue weighted by Crippen LogP contribution is 2.34. The lowest BCUT2D eigenvalue weighted by Gasteiger charge is -2.33. The molecular formula is C21H19N3O4. The molecule has 0 unspecified atom stereocenters. The molecule has 2 heterocycles. The van der Waals surface area contributed by atoms with Crippen LogP contribution in [0.2, 0.25) is 0 Å². The fourth-order valence-electron chi connectivity index (χ4n) is 3.17. The fourth-order valence-corrected chi connectivity index (χ4v) is 3.17. The highest BCUT2D eigenvalue weighted by atomic mass is 16.6. The number of methoxy groups -OCH3 is 1. The van der Waals surface area contributed by atoms with E-state index in [2.05, 4.69) is 5.10 Å². The molecule has 0 spiro atoms. The van der Waals surface area contributed by atoms with Gasteiger partial charge in [-0.05, 0) is 17.7 Å². The number of carbonyl (C=O) groups excluding carboxylic acids is 2. The highest BCUT2D eigenvalue weighted by Gasteiger charge is 2.35. The number of hydrogen-bond acceptors (Lipinski definition) is 5. The second-order valence-electron chi connectivity index (χ2n) is 6.43. The van der Waals surface area contributed by atoms with E-state index in [0.717, 1.165) is 5.56 Å². The molecule has 1 amide bonds. The van der Waals surface area contributed by atoms with Crippen molar-refractivity contribution in [3.8, 4) is 5.75 Å². The van der Waals surface area contributed by atoms with Crippen molar-refractivity contribution in [3.63, 3.8) is 0 Å². The lowest BCUT2D eigenvalue weighted by molar-refractivity contribution is -0.148. The minimum Gasteiger partial charge on any atom is -0.475 e. The zero-order valence-corrected chi connectivity index (χ0v) is 15.3. The van der Waals surface area contributed by atoms with Crippen molar-refractivity contribution >= 4 is 17.6 Å². The normalized spacial score (nSPS) is 15.5. The number of benzene rings is 2. The Morgan fingerprint density at radius 2 is 1.89 bits per heavy atom. The van der Waals surface area contributed by atoms with Gasteiger partial charge in [0, 0.05) is 6.20 Å². The van der Waals surface area contributed by atoms with E-state index in [0.29, 0.717) is 23.5 Å². The Labute approximate surface area is 162 Å². The molecule has 0 saturated carbocycles. The molecule has 0 aliphatic carbocycles. The third kappa shape index (κ3) is 3.46. The maximum atomic E-state index is 13.1. The van der Waals surface area contributed by atoms with Gasteiger partial charge in [0.05, 0.1) is 37.6 Å². The maximum absolute atomic E-state index is 13.1. The van der Waals surface area contributed by atoms with E-state index >= 15 is 0 Å². The van der Waals surface area contributed by atoms with Crippen molar-refractivity contribution in [3.05, 3.63) is 78.1 Å². The van der Waals surface area contributed by atoms with Crippen molar-refractivity contribution in [2.24, 2.45) is 0 Å². The molecule has 0 N–H and O–H groups in total. The van der Waals surface area contributed by atoms with Gasteiger partial charge in [0.2, 0.25) is 6.10 Å². The summed E-state index contributed by atoms with van der Waals surface area (Å²) < 4.78 is 12.2. The largest absolute Gasteiger partial charge is 0.475 e. The number of para-hydroxylation sites is 2. The zero-order valence-electron chi connectivity index (χ0n) is 15.3. The van der Waals surface area contributed by atoms with E-state index in [1.165, 1.54) is 18.2 Å². The van der Waals surface area contributed by atoms with Gasteiger partial charge in [0.25, 0.3) is 5.91 Å². The number of esters is 1. The molecule has 7 nitrogen and oxygen atoms in total. The summed E-state index contributed by atoms with van der Waals surface area (Å²) in [5, 5.41) is 4.30. The van der Waals surface area contributed by atoms with E-state index in [1.54, 1.807) is 29.1 Å². The van der Waals surface area contributed by atoms with Gasteiger partial charge in [-0.1, -0.05) is 42.5 Å². The second kappa shape index (κ2) is 7.56. The summed E-state index contributed by atoms with van der Waals surface area (Å²) in [6.07, 6.45) is 2.38. The van der Waals surface area contributed by atoms with E-state index in [9.17, 15) is 9.59 Å². The van der Waals surface area contributed by atoms with Crippen LogP contribution in [0.15, 0.2) is 67.0 Å². The lowest BCUT2D eigenvalue weighted by atomic mass is 10.1. The molecule has 0 saturated heterocycles. The molecule has 1 atom stereocenters. The number of anilines is 1. The Hall–Kier alpha value is -3.61. The van der Waals surface area contributed by atoms with Gasteiger partial charge < -0.3 is 14.4 Å². The Bertz CT molecular complexity index is 1000. The van der Waals surface area contributed by atoms with Gasteiger partial charge in [-0.3, -0.25) is 9.48 Å². The van der Waals surface area contributed by atoms with Crippen LogP contribution >= 0.6 is 0 Å². The number of ether oxygens (including phenoxy) is 2. The summed E-state index contributed by atoms with van der Waals surface area (Å²) in [7, 11) is 1.30. The van der Waals surface area contributed by atoms with Crippen molar-refractivity contribution < 1.29 is 19.1 Å². The fraction of sp³-hybridized carbons (Fsp3) is 0.190. The minimum absolute atomic E-state index is 0.0758. The summed E-state index contributed by atoms with van der Waals surface area (Å²) >= 11 is 0. The Balaban J connectivity index is 1.59. The van der Waals surface area contributed by atoms with Crippen LogP contribution in [0.25, 0.3) is 0 Å². The third-order valence-corrected chi connectivity index (χ3v) is 4.55. The van der Waals surface area contributed by atoms with Crippen molar-refractivity contribution in [2.45, 2.75) is 12.6 Å². The molecule has 1 aliphatic heterocycles. The summed E-state index contributed by atoms with van der Waals surface area (Å²) in [5.41, 5.74) is 2.15. The Kier molecular flexibility index (Phi) is 4.80. The molecule has 0 fully saturated rings. The molecule has 142 valence electrons. The number of carbonyl (C=O) groups is 2. The molecule has 4 rings (SSSR count). The molecule has 0 bridgehead atoms. The van der Waals surface area contributed by atoms with E-state index in [1.807, 2.05) is 36.4 Å². The monoisotopic (exact) mass is 377 g/mol. The first-order chi connectivity index (χ1) is 13.7. The van der Waals surface area contributed by atoms with Crippen LogP contribution in [-0.4, -0.2) is 41.4 Å². The Morgan fingerprint density at radius 1 is 1.14 bits per heavy atom. The van der Waals surface area contributed by atoms with Crippen LogP contribution < -0.4 is 9.64 Å². The first-order valence-corrected chi connectivity index (χ1v) is 8.87. The first kappa shape index (κ1) is 17.8. The standard InChI is InChI=1S/C21H19N3O4/c1-27-21(26)19-14-24(17-9-5-6-10-18(17)28-19)20(25)16-11-22-23(13-16)12-15-7-3-2-4-8-15/h2-11,13,19H,12,14H2,1H3/t19-/m1/s1. The highest BCUT2D eigenvalue weighted by molar-refractivity contribution is 6.07. The van der Waals surface area contributed by atoms with Crippen LogP contribution in [-0.2, 0) is 16.1 Å². The molecular weight excluding hydrogens is 358 g/mol. The minimum atomic E-state index is -0.872. The zero-order chi connectivity index (χ0) is 19.5. The summed E-state index contributed by atoms with van der Waals surface area (Å²) in [6.45, 7) is 0.644. The molecule has 3 aromatic rings. The lowest BCUT2D eigenvalue weighted by Crippen LogP contribution is -2.47. The topological polar surface area (TPSA) is 73.7 Å². The van der Waals surface area contributed by atoms with E-state index in [-0.39, 0.29) is 12.5 Å². The number of fused-ring (bicyclic) bond motifs is 1. The molecule has 7 heteroatoms. The predicted octanol–water partition coefficient (Wildman–Crippen LogP) is 2.51. The van der Waals surface area contributed by atoms with Gasteiger partial charge in [0.1, 0.15) is 5.75 Å². The molecule has 0 radical (unpaired) electrons. The van der Waals surface area contributed by atoms with Gasteiger partial charge >= 0.3 is 5.97 Å². The van der Waals surface area contributed by atoms with Gasteiger partial charge in [0.15, 0.2) is 0 Å². The van der Waals surface area contributed by atoms with Gasteiger partial charge in [-0.15, -0.1) is 0 Å². The van der Waals surface area contributed by atoms with Gasteiger partial charge in [-0.2, -0.15) is 5.10 Å². The molecule has 2 aromatic carbocycles. The smallest absolute Gasteiger partial charge is 0.348 e. The SMILES string of the molecule is COC(=O)[C@H]1CN(C(=O)c2cnn(Cc3ccccc3)c2)c2ccccc2O1. The van der Waals surface area contributed by atoms with Crippen LogP contribution in [0.1, 0.15) is 15.9 Å². The number of amides is 1. The number of rotatable bonds is 4. The van der Waals surface area contributed by atoms with Gasteiger partial charge in [-0.25, -0.2) is 4.79 Å². The third-order valence-electron chi connectivity index (χ3n) is 4.55. The van der Waals surface area contributed by atoms with Crippen LogP contribution in [0.4, 0.5) is 5.69 Å². The number of nitrogens with zero attached hydrogens (tertiary/aromatic N) is 3. The number of hydrogen-bond donors (Lipinski definition) is 0. The predicted molar refractivity (Wildman–Crippen MR) is 102 cm³/mol. The van der Waals surface area contributed by atoms with Crippen LogP contribution in [0, 0.1) is 0 Å². The molecule has 28 heavy (non-hydrogen) atoms. The molecule has 1 aromatic heterocycles.